The molecule has 0 aromatic carbocycles. The van der Waals surface area contributed by atoms with Crippen LogP contribution in [0.3, 0.4) is 0 Å². The monoisotopic (exact) mass is 241 g/mol. The Morgan fingerprint density at radius 1 is 1.00 bits per heavy atom. The van der Waals surface area contributed by atoms with Gasteiger partial charge in [-0.1, -0.05) is 8.96 Å². The highest BCUT2D eigenvalue weighted by atomic mass is 19.4. The number of nitrogens with zero attached hydrogens (tertiary/aromatic N) is 1. The Kier molecular flexibility index (Phi) is 2.49. The summed E-state index contributed by atoms with van der Waals surface area (Å²) in [5.74, 6) is -16.4. The van der Waals surface area contributed by atoms with E-state index < -0.39 is 35.2 Å². The first-order valence-electron chi connectivity index (χ1n) is 3.47. The molecule has 0 spiro atoms. The van der Waals surface area contributed by atoms with Crippen LogP contribution in [-0.2, 0) is 0 Å². The first-order valence-corrected chi connectivity index (χ1v) is 3.47. The molecule has 9 heteroatoms. The van der Waals surface area contributed by atoms with Crippen molar-refractivity contribution in [3.8, 4) is 0 Å². The van der Waals surface area contributed by atoms with Gasteiger partial charge in [0, 0.05) is 0 Å². The summed E-state index contributed by atoms with van der Waals surface area (Å²) in [7, 11) is 0. The predicted octanol–water partition coefficient (Wildman–Crippen LogP) is 2.90. The number of rotatable bonds is 1. The largest absolute Gasteiger partial charge is 0.368 e. The van der Waals surface area contributed by atoms with Crippen molar-refractivity contribution in [2.75, 3.05) is 0 Å². The van der Waals surface area contributed by atoms with Crippen LogP contribution in [0.5, 0.6) is 0 Å². The zero-order chi connectivity index (χ0) is 12.1. The quantitative estimate of drug-likeness (QED) is 0.295. The van der Waals surface area contributed by atoms with Crippen molar-refractivity contribution in [1.82, 2.24) is 5.34 Å². The van der Waals surface area contributed by atoms with Crippen LogP contribution in [0.4, 0.5) is 35.3 Å². The molecule has 1 aliphatic carbocycles. The minimum Gasteiger partial charge on any atom is -0.236 e. The summed E-state index contributed by atoms with van der Waals surface area (Å²) in [6.45, 7) is 0. The van der Waals surface area contributed by atoms with Crippen LogP contribution >= 0.6 is 0 Å². The molecule has 0 bridgehead atoms. The molecule has 0 N–H and O–H groups in total. The van der Waals surface area contributed by atoms with Gasteiger partial charge in [0.15, 0.2) is 6.17 Å². The Bertz CT molecular complexity index is 287. The van der Waals surface area contributed by atoms with Crippen LogP contribution < -0.4 is 0 Å². The lowest BCUT2D eigenvalue weighted by molar-refractivity contribution is -0.379. The van der Waals surface area contributed by atoms with Crippen LogP contribution in [0.2, 0.25) is 0 Å². The van der Waals surface area contributed by atoms with Crippen molar-refractivity contribution in [3.63, 3.8) is 0 Å². The Labute approximate surface area is 77.8 Å². The molecule has 0 radical (unpaired) electrons. The van der Waals surface area contributed by atoms with Crippen molar-refractivity contribution < 1.29 is 35.3 Å². The average Bonchev–Trinajstić information content (AvgIpc) is 2.10. The lowest BCUT2D eigenvalue weighted by atomic mass is 9.91. The van der Waals surface area contributed by atoms with Gasteiger partial charge in [-0.15, -0.1) is 0 Å². The fourth-order valence-corrected chi connectivity index (χ4v) is 1.01. The lowest BCUT2D eigenvalue weighted by Crippen LogP contribution is -2.65. The number of alkyl halides is 6. The molecule has 0 saturated heterocycles. The van der Waals surface area contributed by atoms with Crippen LogP contribution in [0.15, 0.2) is 12.2 Å². The van der Waals surface area contributed by atoms with Gasteiger partial charge >= 0.3 is 17.6 Å². The van der Waals surface area contributed by atoms with Gasteiger partial charge in [-0.25, -0.2) is 8.78 Å². The first kappa shape index (κ1) is 12.2. The summed E-state index contributed by atoms with van der Waals surface area (Å²) < 4.78 is 98.7. The van der Waals surface area contributed by atoms with E-state index >= 15 is 0 Å². The van der Waals surface area contributed by atoms with E-state index in [2.05, 4.69) is 0 Å². The van der Waals surface area contributed by atoms with E-state index in [0.29, 0.717) is 0 Å². The van der Waals surface area contributed by atoms with Gasteiger partial charge in [0.05, 0.1) is 5.34 Å². The summed E-state index contributed by atoms with van der Waals surface area (Å²) >= 11 is 0. The molecular formula is C6H3F8N. The maximum Gasteiger partial charge on any atom is 0.368 e. The third-order valence-electron chi connectivity index (χ3n) is 1.94. The number of halogens is 8. The Morgan fingerprint density at radius 3 is 1.87 bits per heavy atom. The van der Waals surface area contributed by atoms with Gasteiger partial charge in [-0.3, -0.25) is 0 Å². The summed E-state index contributed by atoms with van der Waals surface area (Å²) in [5.41, 5.74) is 0. The normalized spacial score (nSPS) is 38.3. The average molecular weight is 241 g/mol. The van der Waals surface area contributed by atoms with Crippen LogP contribution in [0.25, 0.3) is 0 Å². The maximum absolute atomic E-state index is 12.8. The topological polar surface area (TPSA) is 3.24 Å². The highest BCUT2D eigenvalue weighted by Crippen LogP contribution is 2.52. The zero-order valence-corrected chi connectivity index (χ0v) is 6.70. The number of hydrogen-bond donors (Lipinski definition) is 0. The molecule has 2 atom stereocenters. The molecule has 2 unspecified atom stereocenters. The smallest absolute Gasteiger partial charge is 0.236 e. The van der Waals surface area contributed by atoms with Crippen molar-refractivity contribution in [1.29, 1.82) is 0 Å². The van der Waals surface area contributed by atoms with Crippen molar-refractivity contribution in [2.24, 2.45) is 0 Å². The van der Waals surface area contributed by atoms with Gasteiger partial charge in [-0.05, 0) is 12.2 Å². The van der Waals surface area contributed by atoms with Gasteiger partial charge in [0.2, 0.25) is 0 Å². The highest BCUT2D eigenvalue weighted by Gasteiger charge is 2.77. The highest BCUT2D eigenvalue weighted by molar-refractivity contribution is 5.21. The van der Waals surface area contributed by atoms with Crippen LogP contribution in [0.1, 0.15) is 0 Å². The molecule has 88 valence electrons. The molecule has 0 aliphatic heterocycles. The number of hydrogen-bond acceptors (Lipinski definition) is 1. The fourth-order valence-electron chi connectivity index (χ4n) is 1.01. The van der Waals surface area contributed by atoms with Gasteiger partial charge in [0.1, 0.15) is 0 Å². The number of allylic oxidation sites excluding steroid dienone is 1. The molecule has 0 saturated carbocycles. The minimum absolute atomic E-state index is 0.371. The van der Waals surface area contributed by atoms with E-state index in [-0.39, 0.29) is 6.08 Å². The minimum atomic E-state index is -5.86. The van der Waals surface area contributed by atoms with E-state index in [4.69, 9.17) is 0 Å². The van der Waals surface area contributed by atoms with Gasteiger partial charge in [-0.2, -0.15) is 17.6 Å². The Hall–Kier alpha value is -0.860. The third-order valence-corrected chi connectivity index (χ3v) is 1.94. The SMILES string of the molecule is FC1C=CC(F)(N(F)F)C(F)(F)C1(F)F. The summed E-state index contributed by atoms with van der Waals surface area (Å²) in [4.78, 5) is 0. The summed E-state index contributed by atoms with van der Waals surface area (Å²) in [6, 6.07) is 0. The molecule has 1 rings (SSSR count). The van der Waals surface area contributed by atoms with E-state index in [9.17, 15) is 35.3 Å². The van der Waals surface area contributed by atoms with E-state index in [1.54, 1.807) is 0 Å². The van der Waals surface area contributed by atoms with Crippen LogP contribution in [-0.4, -0.2) is 29.2 Å². The van der Waals surface area contributed by atoms with Gasteiger partial charge < -0.3 is 0 Å². The van der Waals surface area contributed by atoms with Crippen molar-refractivity contribution >= 4 is 0 Å². The predicted molar refractivity (Wildman–Crippen MR) is 31.8 cm³/mol. The summed E-state index contributed by atoms with van der Waals surface area (Å²) in [6.07, 6.45) is -4.52. The Morgan fingerprint density at radius 2 is 1.47 bits per heavy atom. The Balaban J connectivity index is 3.31. The second-order valence-electron chi connectivity index (χ2n) is 2.86. The molecule has 0 heterocycles. The molecule has 1 nitrogen and oxygen atoms in total. The lowest BCUT2D eigenvalue weighted by Gasteiger charge is -2.39. The fraction of sp³-hybridized carbons (Fsp3) is 0.667. The maximum atomic E-state index is 12.8. The first-order chi connectivity index (χ1) is 6.57. The van der Waals surface area contributed by atoms with Crippen molar-refractivity contribution in [3.05, 3.63) is 12.2 Å². The standard InChI is InChI=1S/C6H3F8N/c7-3-1-2-4(8,15(13)14)6(11,12)5(3,9)10/h1-3H. The molecule has 1 aliphatic rings. The van der Waals surface area contributed by atoms with E-state index in [1.807, 2.05) is 0 Å². The molecule has 0 aromatic rings. The third kappa shape index (κ3) is 1.32. The van der Waals surface area contributed by atoms with E-state index in [1.165, 1.54) is 0 Å². The second-order valence-corrected chi connectivity index (χ2v) is 2.86. The zero-order valence-electron chi connectivity index (χ0n) is 6.70. The van der Waals surface area contributed by atoms with Crippen LogP contribution in [0, 0.1) is 0 Å². The molecule has 0 fully saturated rings. The van der Waals surface area contributed by atoms with Crippen molar-refractivity contribution in [2.45, 2.75) is 23.8 Å². The molecule has 0 amide bonds. The summed E-state index contributed by atoms with van der Waals surface area (Å²) in [5, 5.41) is -2.72. The van der Waals surface area contributed by atoms with E-state index in [0.717, 1.165) is 0 Å². The van der Waals surface area contributed by atoms with Gasteiger partial charge in [0.25, 0.3) is 0 Å². The molecule has 15 heavy (non-hydrogen) atoms. The second kappa shape index (κ2) is 3.06. The molecule has 0 aromatic heterocycles. The molecular weight excluding hydrogens is 238 g/mol.